The van der Waals surface area contributed by atoms with E-state index in [1.54, 1.807) is 12.3 Å². The maximum Gasteiger partial charge on any atom is 0.254 e. The maximum absolute atomic E-state index is 11.8. The first-order chi connectivity index (χ1) is 9.25. The molecule has 0 radical (unpaired) electrons. The summed E-state index contributed by atoms with van der Waals surface area (Å²) in [5.74, 6) is 0.669. The lowest BCUT2D eigenvalue weighted by atomic mass is 10.1. The molecular weight excluding hydrogens is 238 g/mol. The van der Waals surface area contributed by atoms with Crippen LogP contribution in [0, 0.1) is 6.92 Å². The van der Waals surface area contributed by atoms with Gasteiger partial charge in [0.25, 0.3) is 5.91 Å². The third-order valence-electron chi connectivity index (χ3n) is 3.42. The Morgan fingerprint density at radius 1 is 1.11 bits per heavy atom. The molecule has 0 aliphatic rings. The minimum absolute atomic E-state index is 0.0193. The molecule has 3 nitrogen and oxygen atoms in total. The van der Waals surface area contributed by atoms with Crippen molar-refractivity contribution in [1.82, 2.24) is 5.32 Å². The van der Waals surface area contributed by atoms with Crippen LogP contribution in [0.1, 0.15) is 74.4 Å². The fourth-order valence-electron chi connectivity index (χ4n) is 2.18. The molecule has 0 saturated heterocycles. The normalized spacial score (nSPS) is 10.6. The van der Waals surface area contributed by atoms with Crippen LogP contribution in [-0.2, 0) is 0 Å². The van der Waals surface area contributed by atoms with Gasteiger partial charge in [0.2, 0.25) is 0 Å². The van der Waals surface area contributed by atoms with E-state index < -0.39 is 0 Å². The molecule has 0 atom stereocenters. The maximum atomic E-state index is 11.8. The Labute approximate surface area is 116 Å². The van der Waals surface area contributed by atoms with Crippen LogP contribution in [0.5, 0.6) is 0 Å². The van der Waals surface area contributed by atoms with Crippen LogP contribution in [0.15, 0.2) is 16.7 Å². The highest BCUT2D eigenvalue weighted by molar-refractivity contribution is 5.94. The molecule has 0 saturated carbocycles. The first-order valence-electron chi connectivity index (χ1n) is 7.58. The number of carbonyl (C=O) groups excluding carboxylic acids is 1. The number of aryl methyl sites for hydroxylation is 1. The number of nitrogens with one attached hydrogen (secondary N) is 1. The minimum Gasteiger partial charge on any atom is -0.469 e. The third kappa shape index (κ3) is 6.46. The average Bonchev–Trinajstić information content (AvgIpc) is 2.83. The van der Waals surface area contributed by atoms with Crippen LogP contribution in [0.25, 0.3) is 0 Å². The SMILES string of the molecule is CCCCCCCCCCNC(=O)c1ccoc1C. The Balaban J connectivity index is 1.96. The lowest BCUT2D eigenvalue weighted by Gasteiger charge is -2.04. The van der Waals surface area contributed by atoms with Gasteiger partial charge in [-0.05, 0) is 19.4 Å². The van der Waals surface area contributed by atoms with Crippen molar-refractivity contribution in [3.8, 4) is 0 Å². The number of hydrogen-bond acceptors (Lipinski definition) is 2. The van der Waals surface area contributed by atoms with Crippen LogP contribution >= 0.6 is 0 Å². The highest BCUT2D eigenvalue weighted by Crippen LogP contribution is 2.09. The molecule has 19 heavy (non-hydrogen) atoms. The Morgan fingerprint density at radius 3 is 2.32 bits per heavy atom. The zero-order valence-corrected chi connectivity index (χ0v) is 12.3. The van der Waals surface area contributed by atoms with Gasteiger partial charge in [-0.1, -0.05) is 51.9 Å². The van der Waals surface area contributed by atoms with Gasteiger partial charge in [-0.15, -0.1) is 0 Å². The van der Waals surface area contributed by atoms with E-state index in [1.165, 1.54) is 44.9 Å². The van der Waals surface area contributed by atoms with Crippen LogP contribution in [-0.4, -0.2) is 12.5 Å². The highest BCUT2D eigenvalue weighted by atomic mass is 16.3. The molecule has 1 heterocycles. The summed E-state index contributed by atoms with van der Waals surface area (Å²) in [7, 11) is 0. The van der Waals surface area contributed by atoms with Gasteiger partial charge >= 0.3 is 0 Å². The summed E-state index contributed by atoms with van der Waals surface area (Å²) < 4.78 is 5.12. The number of rotatable bonds is 10. The zero-order chi connectivity index (χ0) is 13.9. The predicted octanol–water partition coefficient (Wildman–Crippen LogP) is 4.46. The van der Waals surface area contributed by atoms with Crippen molar-refractivity contribution in [1.29, 1.82) is 0 Å². The molecular formula is C16H27NO2. The standard InChI is InChI=1S/C16H27NO2/c1-3-4-5-6-7-8-9-10-12-17-16(18)15-11-13-19-14(15)2/h11,13H,3-10,12H2,1-2H3,(H,17,18). The Morgan fingerprint density at radius 2 is 1.74 bits per heavy atom. The molecule has 0 aromatic carbocycles. The van der Waals surface area contributed by atoms with E-state index in [9.17, 15) is 4.79 Å². The smallest absolute Gasteiger partial charge is 0.254 e. The summed E-state index contributed by atoms with van der Waals surface area (Å²) in [4.78, 5) is 11.8. The van der Waals surface area contributed by atoms with Crippen LogP contribution < -0.4 is 5.32 Å². The second kappa shape index (κ2) is 9.65. The molecule has 0 spiro atoms. The topological polar surface area (TPSA) is 42.2 Å². The van der Waals surface area contributed by atoms with Crippen molar-refractivity contribution in [2.45, 2.75) is 65.2 Å². The van der Waals surface area contributed by atoms with E-state index in [1.807, 2.05) is 6.92 Å². The molecule has 0 aliphatic carbocycles. The van der Waals surface area contributed by atoms with Crippen molar-refractivity contribution in [3.63, 3.8) is 0 Å². The number of carbonyl (C=O) groups is 1. The minimum atomic E-state index is -0.0193. The Bertz CT molecular complexity index is 357. The first kappa shape index (κ1) is 15.8. The number of hydrogen-bond donors (Lipinski definition) is 1. The molecule has 1 rings (SSSR count). The highest BCUT2D eigenvalue weighted by Gasteiger charge is 2.09. The summed E-state index contributed by atoms with van der Waals surface area (Å²) in [6.45, 7) is 4.81. The van der Waals surface area contributed by atoms with Gasteiger partial charge in [-0.2, -0.15) is 0 Å². The molecule has 0 fully saturated rings. The van der Waals surface area contributed by atoms with E-state index in [2.05, 4.69) is 12.2 Å². The average molecular weight is 265 g/mol. The first-order valence-corrected chi connectivity index (χ1v) is 7.58. The van der Waals surface area contributed by atoms with Crippen LogP contribution in [0.2, 0.25) is 0 Å². The van der Waals surface area contributed by atoms with Crippen molar-refractivity contribution >= 4 is 5.91 Å². The quantitative estimate of drug-likeness (QED) is 0.635. The van der Waals surface area contributed by atoms with E-state index in [-0.39, 0.29) is 5.91 Å². The van der Waals surface area contributed by atoms with Gasteiger partial charge in [-0.3, -0.25) is 4.79 Å². The number of furan rings is 1. The molecule has 1 amide bonds. The summed E-state index contributed by atoms with van der Waals surface area (Å²) in [6.07, 6.45) is 11.8. The third-order valence-corrected chi connectivity index (χ3v) is 3.42. The molecule has 0 bridgehead atoms. The van der Waals surface area contributed by atoms with Crippen molar-refractivity contribution in [2.75, 3.05) is 6.54 Å². The zero-order valence-electron chi connectivity index (χ0n) is 12.3. The fraction of sp³-hybridized carbons (Fsp3) is 0.688. The van der Waals surface area contributed by atoms with E-state index >= 15 is 0 Å². The Kier molecular flexibility index (Phi) is 8.03. The lowest BCUT2D eigenvalue weighted by molar-refractivity contribution is 0.0951. The van der Waals surface area contributed by atoms with Gasteiger partial charge < -0.3 is 9.73 Å². The second-order valence-corrected chi connectivity index (χ2v) is 5.12. The van der Waals surface area contributed by atoms with E-state index in [0.29, 0.717) is 11.3 Å². The number of amides is 1. The summed E-state index contributed by atoms with van der Waals surface area (Å²) >= 11 is 0. The van der Waals surface area contributed by atoms with Crippen molar-refractivity contribution in [3.05, 3.63) is 23.7 Å². The van der Waals surface area contributed by atoms with Gasteiger partial charge in [0.05, 0.1) is 11.8 Å². The molecule has 108 valence electrons. The van der Waals surface area contributed by atoms with Gasteiger partial charge in [0.15, 0.2) is 0 Å². The molecule has 1 N–H and O–H groups in total. The lowest BCUT2D eigenvalue weighted by Crippen LogP contribution is -2.24. The predicted molar refractivity (Wildman–Crippen MR) is 78.4 cm³/mol. The largest absolute Gasteiger partial charge is 0.469 e. The van der Waals surface area contributed by atoms with Gasteiger partial charge in [0.1, 0.15) is 5.76 Å². The number of unbranched alkanes of at least 4 members (excludes halogenated alkanes) is 7. The van der Waals surface area contributed by atoms with E-state index in [4.69, 9.17) is 4.42 Å². The second-order valence-electron chi connectivity index (χ2n) is 5.12. The van der Waals surface area contributed by atoms with Crippen molar-refractivity contribution < 1.29 is 9.21 Å². The van der Waals surface area contributed by atoms with Crippen molar-refractivity contribution in [2.24, 2.45) is 0 Å². The van der Waals surface area contributed by atoms with Gasteiger partial charge in [-0.25, -0.2) is 0 Å². The molecule has 0 aliphatic heterocycles. The van der Waals surface area contributed by atoms with E-state index in [0.717, 1.165) is 13.0 Å². The molecule has 0 unspecified atom stereocenters. The van der Waals surface area contributed by atoms with Crippen LogP contribution in [0.3, 0.4) is 0 Å². The Hall–Kier alpha value is -1.25. The molecule has 1 aromatic rings. The van der Waals surface area contributed by atoms with Gasteiger partial charge in [0, 0.05) is 6.54 Å². The summed E-state index contributed by atoms with van der Waals surface area (Å²) in [5, 5.41) is 2.94. The summed E-state index contributed by atoms with van der Waals surface area (Å²) in [6, 6.07) is 1.72. The molecule has 3 heteroatoms. The van der Waals surface area contributed by atoms with Crippen LogP contribution in [0.4, 0.5) is 0 Å². The molecule has 1 aromatic heterocycles. The monoisotopic (exact) mass is 265 g/mol. The fourth-order valence-corrected chi connectivity index (χ4v) is 2.18. The summed E-state index contributed by atoms with van der Waals surface area (Å²) in [5.41, 5.74) is 0.652.